The Kier molecular flexibility index (Phi) is 4.68. The molecular formula is C20H17F5N2O4. The molecule has 1 aromatic carbocycles. The summed E-state index contributed by atoms with van der Waals surface area (Å²) in [6, 6.07) is 4.05. The van der Waals surface area contributed by atoms with Crippen LogP contribution >= 0.6 is 0 Å². The van der Waals surface area contributed by atoms with Gasteiger partial charge < -0.3 is 9.47 Å². The van der Waals surface area contributed by atoms with Crippen molar-refractivity contribution in [3.63, 3.8) is 0 Å². The number of fused-ring (bicyclic) bond motifs is 5. The molecule has 0 aromatic heterocycles. The van der Waals surface area contributed by atoms with Gasteiger partial charge in [0.2, 0.25) is 11.8 Å². The van der Waals surface area contributed by atoms with Gasteiger partial charge in [0, 0.05) is 5.92 Å². The number of hydrogen-bond donors (Lipinski definition) is 0. The maximum Gasteiger partial charge on any atom is 0.417 e. The molecule has 0 aliphatic carbocycles. The minimum absolute atomic E-state index is 0.186. The summed E-state index contributed by atoms with van der Waals surface area (Å²) in [7, 11) is 0. The number of anilines is 1. The van der Waals surface area contributed by atoms with Gasteiger partial charge in [-0.1, -0.05) is 0 Å². The van der Waals surface area contributed by atoms with Crippen LogP contribution in [0.5, 0.6) is 0 Å². The number of rotatable bonds is 4. The van der Waals surface area contributed by atoms with E-state index >= 15 is 0 Å². The van der Waals surface area contributed by atoms with Crippen molar-refractivity contribution in [1.82, 2.24) is 0 Å². The molecule has 3 aliphatic heterocycles. The highest BCUT2D eigenvalue weighted by atomic mass is 19.4. The van der Waals surface area contributed by atoms with E-state index in [-0.39, 0.29) is 18.7 Å². The summed E-state index contributed by atoms with van der Waals surface area (Å²) in [5.41, 5.74) is -4.62. The number of carbonyl (C=O) groups is 2. The van der Waals surface area contributed by atoms with Gasteiger partial charge in [0.05, 0.1) is 52.5 Å². The van der Waals surface area contributed by atoms with Crippen LogP contribution in [0.25, 0.3) is 0 Å². The second-order valence-electron chi connectivity index (χ2n) is 8.40. The third-order valence-corrected chi connectivity index (χ3v) is 6.61. The molecule has 11 heteroatoms. The number of carbonyl (C=O) groups excluding carboxylic acids is 2. The molecule has 0 spiro atoms. The van der Waals surface area contributed by atoms with Crippen LogP contribution < -0.4 is 4.90 Å². The summed E-state index contributed by atoms with van der Waals surface area (Å²) < 4.78 is 75.5. The molecular weight excluding hydrogens is 427 g/mol. The first-order valence-corrected chi connectivity index (χ1v) is 9.42. The zero-order chi connectivity index (χ0) is 22.9. The van der Waals surface area contributed by atoms with Gasteiger partial charge in [-0.15, -0.1) is 0 Å². The van der Waals surface area contributed by atoms with Crippen molar-refractivity contribution in [2.45, 2.75) is 44.3 Å². The lowest BCUT2D eigenvalue weighted by molar-refractivity contribution is -0.155. The Morgan fingerprint density at radius 3 is 2.48 bits per heavy atom. The topological polar surface area (TPSA) is 79.6 Å². The van der Waals surface area contributed by atoms with Gasteiger partial charge in [0.15, 0.2) is 0 Å². The number of ether oxygens (including phenoxy) is 2. The van der Waals surface area contributed by atoms with Crippen LogP contribution in [0.3, 0.4) is 0 Å². The fraction of sp³-hybridized carbons (Fsp3) is 0.550. The molecule has 4 rings (SSSR count). The Labute approximate surface area is 173 Å². The van der Waals surface area contributed by atoms with E-state index < -0.39 is 64.7 Å². The number of amides is 2. The van der Waals surface area contributed by atoms with E-state index in [1.165, 1.54) is 13.0 Å². The van der Waals surface area contributed by atoms with Crippen LogP contribution in [-0.2, 0) is 25.2 Å². The second-order valence-corrected chi connectivity index (χ2v) is 8.40. The van der Waals surface area contributed by atoms with E-state index in [1.54, 1.807) is 6.92 Å². The highest BCUT2D eigenvalue weighted by Gasteiger charge is 2.75. The predicted molar refractivity (Wildman–Crippen MR) is 93.6 cm³/mol. The number of hydrogen-bond acceptors (Lipinski definition) is 5. The van der Waals surface area contributed by atoms with Crippen molar-refractivity contribution in [2.24, 2.45) is 17.8 Å². The van der Waals surface area contributed by atoms with Crippen molar-refractivity contribution in [1.29, 1.82) is 5.26 Å². The van der Waals surface area contributed by atoms with Gasteiger partial charge in [-0.05, 0) is 38.5 Å². The second kappa shape index (κ2) is 6.71. The Morgan fingerprint density at radius 1 is 1.26 bits per heavy atom. The largest absolute Gasteiger partial charge is 0.417 e. The van der Waals surface area contributed by atoms with Gasteiger partial charge in [-0.2, -0.15) is 27.2 Å². The summed E-state index contributed by atoms with van der Waals surface area (Å²) in [5, 5.41) is 8.96. The maximum atomic E-state index is 13.4. The van der Waals surface area contributed by atoms with Crippen LogP contribution in [0.1, 0.15) is 31.4 Å². The Morgan fingerprint density at radius 2 is 1.90 bits per heavy atom. The first kappa shape index (κ1) is 21.6. The molecule has 3 aliphatic rings. The lowest BCUT2D eigenvalue weighted by Gasteiger charge is -2.35. The van der Waals surface area contributed by atoms with Crippen molar-refractivity contribution >= 4 is 17.5 Å². The predicted octanol–water partition coefficient (Wildman–Crippen LogP) is 3.49. The molecule has 3 saturated heterocycles. The van der Waals surface area contributed by atoms with E-state index in [1.807, 2.05) is 0 Å². The number of nitriles is 1. The smallest absolute Gasteiger partial charge is 0.367 e. The minimum Gasteiger partial charge on any atom is -0.367 e. The molecule has 2 bridgehead atoms. The highest BCUT2D eigenvalue weighted by molar-refractivity contribution is 6.23. The summed E-state index contributed by atoms with van der Waals surface area (Å²) in [6.07, 6.45) is -4.67. The molecule has 0 radical (unpaired) electrons. The van der Waals surface area contributed by atoms with Gasteiger partial charge in [0.1, 0.15) is 0 Å². The lowest BCUT2D eigenvalue weighted by Crippen LogP contribution is -2.47. The van der Waals surface area contributed by atoms with Crippen LogP contribution in [0.2, 0.25) is 0 Å². The zero-order valence-electron chi connectivity index (χ0n) is 16.4. The quantitative estimate of drug-likeness (QED) is 0.525. The van der Waals surface area contributed by atoms with Gasteiger partial charge >= 0.3 is 12.8 Å². The molecule has 31 heavy (non-hydrogen) atoms. The summed E-state index contributed by atoms with van der Waals surface area (Å²) in [5.74, 6) is -4.09. The fourth-order valence-corrected chi connectivity index (χ4v) is 5.36. The molecule has 3 heterocycles. The monoisotopic (exact) mass is 444 g/mol. The molecule has 1 aromatic rings. The van der Waals surface area contributed by atoms with Crippen molar-refractivity contribution < 1.29 is 41.0 Å². The standard InChI is InChI=1S/C20H17F5N2O4/c1-18-6-10(8-30-17(21)22)19(2,31-18)14-13(18)15(28)27(16(14)29)11-4-3-9(7-26)12(5-11)20(23,24)25/h3-5,10,13-14,17H,6,8H2,1-2H3/t10-,13+,14-,18?,19?/m0/s1. The van der Waals surface area contributed by atoms with Crippen LogP contribution in [0.4, 0.5) is 27.6 Å². The minimum atomic E-state index is -4.86. The lowest BCUT2D eigenvalue weighted by atomic mass is 9.64. The molecule has 2 unspecified atom stereocenters. The third-order valence-electron chi connectivity index (χ3n) is 6.61. The molecule has 166 valence electrons. The Bertz CT molecular complexity index is 1010. The van der Waals surface area contributed by atoms with Crippen molar-refractivity contribution in [3.8, 4) is 6.07 Å². The maximum absolute atomic E-state index is 13.4. The number of imide groups is 1. The van der Waals surface area contributed by atoms with Crippen molar-refractivity contribution in [2.75, 3.05) is 11.5 Å². The first-order valence-electron chi connectivity index (χ1n) is 9.42. The Balaban J connectivity index is 1.72. The van der Waals surface area contributed by atoms with Gasteiger partial charge in [0.25, 0.3) is 0 Å². The van der Waals surface area contributed by atoms with Crippen LogP contribution in [0.15, 0.2) is 18.2 Å². The number of alkyl halides is 5. The van der Waals surface area contributed by atoms with E-state index in [9.17, 15) is 31.5 Å². The highest BCUT2D eigenvalue weighted by Crippen LogP contribution is 2.63. The summed E-state index contributed by atoms with van der Waals surface area (Å²) in [4.78, 5) is 27.1. The molecule has 3 fully saturated rings. The summed E-state index contributed by atoms with van der Waals surface area (Å²) in [6.45, 7) is -0.267. The van der Waals surface area contributed by atoms with Gasteiger partial charge in [-0.3, -0.25) is 9.59 Å². The van der Waals surface area contributed by atoms with E-state index in [4.69, 9.17) is 10.00 Å². The number of benzene rings is 1. The molecule has 2 amide bonds. The van der Waals surface area contributed by atoms with Crippen LogP contribution in [-0.4, -0.2) is 36.2 Å². The average molecular weight is 444 g/mol. The first-order chi connectivity index (χ1) is 14.3. The molecule has 6 nitrogen and oxygen atoms in total. The molecule has 5 atom stereocenters. The SMILES string of the molecule is CC12C[C@@H](COC(F)F)C(C)(O1)[C@@H]1C(=O)N(c3ccc(C#N)c(C(F)(F)F)c3)C(=O)[C@@H]12. The number of halogens is 5. The molecule has 0 N–H and O–H groups in total. The summed E-state index contributed by atoms with van der Waals surface area (Å²) >= 11 is 0. The third kappa shape index (κ3) is 3.03. The fourth-order valence-electron chi connectivity index (χ4n) is 5.36. The van der Waals surface area contributed by atoms with Crippen LogP contribution in [0, 0.1) is 29.1 Å². The number of nitrogens with zero attached hydrogens (tertiary/aromatic N) is 2. The molecule has 0 saturated carbocycles. The van der Waals surface area contributed by atoms with E-state index in [0.717, 1.165) is 12.1 Å². The Hall–Kier alpha value is -2.58. The van der Waals surface area contributed by atoms with E-state index in [0.29, 0.717) is 11.0 Å². The van der Waals surface area contributed by atoms with E-state index in [2.05, 4.69) is 4.74 Å². The normalized spacial score (nSPS) is 34.5. The average Bonchev–Trinajstić information content (AvgIpc) is 3.19. The van der Waals surface area contributed by atoms with Gasteiger partial charge in [-0.25, -0.2) is 4.90 Å². The zero-order valence-corrected chi connectivity index (χ0v) is 16.4. The van der Waals surface area contributed by atoms with Crippen molar-refractivity contribution in [3.05, 3.63) is 29.3 Å².